The standard InChI is InChI=1S/C17H24N2O3/c1-11(20)18-15-4-2-12(3-5-15)17(22)10-19-8-13-6-16(21)7-14(13)9-19/h2-5,13-14,16-17,21-22H,6-10H2,1H3,(H,18,20)/t13-,14+,16?,17?. The van der Waals surface area contributed by atoms with Crippen LogP contribution in [0.25, 0.3) is 0 Å². The van der Waals surface area contributed by atoms with Crippen molar-refractivity contribution in [2.75, 3.05) is 25.0 Å². The van der Waals surface area contributed by atoms with Gasteiger partial charge in [0.2, 0.25) is 5.91 Å². The molecule has 1 saturated carbocycles. The molecule has 0 aromatic heterocycles. The zero-order chi connectivity index (χ0) is 15.7. The molecule has 1 aliphatic carbocycles. The summed E-state index contributed by atoms with van der Waals surface area (Å²) in [6.45, 7) is 4.05. The fourth-order valence-electron chi connectivity index (χ4n) is 3.86. The molecule has 0 spiro atoms. The number of aliphatic hydroxyl groups is 2. The molecule has 120 valence electrons. The Morgan fingerprint density at radius 2 is 1.86 bits per heavy atom. The number of carbonyl (C=O) groups excluding carboxylic acids is 1. The third kappa shape index (κ3) is 3.48. The molecule has 1 saturated heterocycles. The highest BCUT2D eigenvalue weighted by Gasteiger charge is 2.40. The average Bonchev–Trinajstić information content (AvgIpc) is 2.95. The maximum Gasteiger partial charge on any atom is 0.221 e. The summed E-state index contributed by atoms with van der Waals surface area (Å²) in [4.78, 5) is 13.3. The van der Waals surface area contributed by atoms with Crippen molar-refractivity contribution in [1.29, 1.82) is 0 Å². The van der Waals surface area contributed by atoms with Crippen molar-refractivity contribution >= 4 is 11.6 Å². The van der Waals surface area contributed by atoms with Gasteiger partial charge >= 0.3 is 0 Å². The Morgan fingerprint density at radius 3 is 2.41 bits per heavy atom. The van der Waals surface area contributed by atoms with Gasteiger partial charge in [0, 0.05) is 32.2 Å². The molecular formula is C17H24N2O3. The largest absolute Gasteiger partial charge is 0.393 e. The van der Waals surface area contributed by atoms with Gasteiger partial charge in [-0.05, 0) is 42.4 Å². The van der Waals surface area contributed by atoms with Crippen LogP contribution < -0.4 is 5.32 Å². The van der Waals surface area contributed by atoms with E-state index < -0.39 is 6.10 Å². The number of aliphatic hydroxyl groups excluding tert-OH is 2. The van der Waals surface area contributed by atoms with Gasteiger partial charge in [-0.2, -0.15) is 0 Å². The Morgan fingerprint density at radius 1 is 1.27 bits per heavy atom. The molecule has 2 fully saturated rings. The number of likely N-dealkylation sites (tertiary alicyclic amines) is 1. The van der Waals surface area contributed by atoms with Crippen LogP contribution in [-0.4, -0.2) is 46.8 Å². The smallest absolute Gasteiger partial charge is 0.221 e. The lowest BCUT2D eigenvalue weighted by Gasteiger charge is -2.21. The minimum absolute atomic E-state index is 0.0981. The number of β-amino-alcohol motifs (C(OH)–C–C–N with tert-alkyl or cyclic N) is 1. The SMILES string of the molecule is CC(=O)Nc1ccc(C(O)CN2C[C@H]3CC(O)C[C@H]3C2)cc1. The minimum atomic E-state index is -0.518. The molecule has 5 nitrogen and oxygen atoms in total. The first kappa shape index (κ1) is 15.5. The quantitative estimate of drug-likeness (QED) is 0.786. The third-order valence-corrected chi connectivity index (χ3v) is 4.85. The van der Waals surface area contributed by atoms with Gasteiger partial charge in [0.25, 0.3) is 0 Å². The second-order valence-electron chi connectivity index (χ2n) is 6.68. The number of hydrogen-bond acceptors (Lipinski definition) is 4. The topological polar surface area (TPSA) is 72.8 Å². The van der Waals surface area contributed by atoms with Gasteiger partial charge in [0.05, 0.1) is 12.2 Å². The highest BCUT2D eigenvalue weighted by molar-refractivity contribution is 5.88. The van der Waals surface area contributed by atoms with E-state index in [0.717, 1.165) is 37.2 Å². The fraction of sp³-hybridized carbons (Fsp3) is 0.588. The van der Waals surface area contributed by atoms with Crippen LogP contribution in [0.3, 0.4) is 0 Å². The van der Waals surface area contributed by atoms with E-state index >= 15 is 0 Å². The molecular weight excluding hydrogens is 280 g/mol. The molecule has 3 N–H and O–H groups in total. The van der Waals surface area contributed by atoms with E-state index in [2.05, 4.69) is 10.2 Å². The van der Waals surface area contributed by atoms with Gasteiger partial charge in [-0.3, -0.25) is 9.69 Å². The number of nitrogens with one attached hydrogen (secondary N) is 1. The molecule has 4 atom stereocenters. The molecule has 2 aliphatic rings. The number of rotatable bonds is 4. The van der Waals surface area contributed by atoms with Crippen LogP contribution in [0.15, 0.2) is 24.3 Å². The number of amides is 1. The molecule has 3 rings (SSSR count). The minimum Gasteiger partial charge on any atom is -0.393 e. The summed E-state index contributed by atoms with van der Waals surface area (Å²) >= 11 is 0. The number of hydrogen-bond donors (Lipinski definition) is 3. The van der Waals surface area contributed by atoms with Crippen LogP contribution in [0.2, 0.25) is 0 Å². The summed E-state index contributed by atoms with van der Waals surface area (Å²) in [6, 6.07) is 7.34. The van der Waals surface area contributed by atoms with Crippen molar-refractivity contribution in [3.63, 3.8) is 0 Å². The fourth-order valence-corrected chi connectivity index (χ4v) is 3.86. The second-order valence-corrected chi connectivity index (χ2v) is 6.68. The van der Waals surface area contributed by atoms with Gasteiger partial charge in [-0.15, -0.1) is 0 Å². The van der Waals surface area contributed by atoms with Crippen molar-refractivity contribution in [2.45, 2.75) is 32.0 Å². The summed E-state index contributed by atoms with van der Waals surface area (Å²) in [5.41, 5.74) is 1.61. The van der Waals surface area contributed by atoms with Crippen LogP contribution >= 0.6 is 0 Å². The van der Waals surface area contributed by atoms with Gasteiger partial charge in [0.1, 0.15) is 0 Å². The van der Waals surface area contributed by atoms with Gasteiger partial charge in [0.15, 0.2) is 0 Å². The van der Waals surface area contributed by atoms with Gasteiger partial charge in [-0.1, -0.05) is 12.1 Å². The van der Waals surface area contributed by atoms with E-state index in [9.17, 15) is 15.0 Å². The summed E-state index contributed by atoms with van der Waals surface area (Å²) < 4.78 is 0. The lowest BCUT2D eigenvalue weighted by Crippen LogP contribution is -2.28. The maximum absolute atomic E-state index is 11.0. The van der Waals surface area contributed by atoms with E-state index in [0.29, 0.717) is 18.4 Å². The number of anilines is 1. The van der Waals surface area contributed by atoms with E-state index in [-0.39, 0.29) is 12.0 Å². The van der Waals surface area contributed by atoms with Crippen molar-refractivity contribution in [2.24, 2.45) is 11.8 Å². The molecule has 22 heavy (non-hydrogen) atoms. The third-order valence-electron chi connectivity index (χ3n) is 4.85. The predicted octanol–water partition coefficient (Wildman–Crippen LogP) is 1.38. The first-order chi connectivity index (χ1) is 10.5. The Hall–Kier alpha value is -1.43. The Balaban J connectivity index is 1.54. The lowest BCUT2D eigenvalue weighted by atomic mass is 10.0. The summed E-state index contributed by atoms with van der Waals surface area (Å²) in [5, 5.41) is 22.8. The van der Waals surface area contributed by atoms with Gasteiger partial charge in [-0.25, -0.2) is 0 Å². The molecule has 5 heteroatoms. The lowest BCUT2D eigenvalue weighted by molar-refractivity contribution is -0.114. The summed E-state index contributed by atoms with van der Waals surface area (Å²) in [5.74, 6) is 1.08. The Kier molecular flexibility index (Phi) is 4.47. The number of carbonyl (C=O) groups is 1. The van der Waals surface area contributed by atoms with E-state index in [1.807, 2.05) is 24.3 Å². The molecule has 1 amide bonds. The summed E-state index contributed by atoms with van der Waals surface area (Å²) in [6.07, 6.45) is 1.17. The molecule has 1 aliphatic heterocycles. The second kappa shape index (κ2) is 6.36. The molecule has 1 aromatic carbocycles. The van der Waals surface area contributed by atoms with E-state index in [1.165, 1.54) is 6.92 Å². The Labute approximate surface area is 130 Å². The van der Waals surface area contributed by atoms with Crippen molar-refractivity contribution in [1.82, 2.24) is 4.90 Å². The molecule has 2 unspecified atom stereocenters. The van der Waals surface area contributed by atoms with Crippen molar-refractivity contribution < 1.29 is 15.0 Å². The Bertz CT molecular complexity index is 517. The highest BCUT2D eigenvalue weighted by Crippen LogP contribution is 2.38. The van der Waals surface area contributed by atoms with Gasteiger partial charge < -0.3 is 15.5 Å². The zero-order valence-corrected chi connectivity index (χ0v) is 12.9. The first-order valence-corrected chi connectivity index (χ1v) is 7.97. The first-order valence-electron chi connectivity index (χ1n) is 7.97. The van der Waals surface area contributed by atoms with Crippen LogP contribution in [0.1, 0.15) is 31.4 Å². The molecule has 1 heterocycles. The summed E-state index contributed by atoms with van der Waals surface area (Å²) in [7, 11) is 0. The van der Waals surface area contributed by atoms with E-state index in [4.69, 9.17) is 0 Å². The number of fused-ring (bicyclic) bond motifs is 1. The van der Waals surface area contributed by atoms with Crippen LogP contribution in [-0.2, 0) is 4.79 Å². The van der Waals surface area contributed by atoms with Crippen LogP contribution in [0.4, 0.5) is 5.69 Å². The average molecular weight is 304 g/mol. The molecule has 1 aromatic rings. The number of benzene rings is 1. The molecule has 0 radical (unpaired) electrons. The van der Waals surface area contributed by atoms with Crippen molar-refractivity contribution in [3.8, 4) is 0 Å². The predicted molar refractivity (Wildman–Crippen MR) is 84.4 cm³/mol. The van der Waals surface area contributed by atoms with Crippen LogP contribution in [0.5, 0.6) is 0 Å². The maximum atomic E-state index is 11.0. The zero-order valence-electron chi connectivity index (χ0n) is 12.9. The highest BCUT2D eigenvalue weighted by atomic mass is 16.3. The van der Waals surface area contributed by atoms with Crippen LogP contribution in [0, 0.1) is 11.8 Å². The van der Waals surface area contributed by atoms with Crippen molar-refractivity contribution in [3.05, 3.63) is 29.8 Å². The normalized spacial score (nSPS) is 29.3. The van der Waals surface area contributed by atoms with E-state index in [1.54, 1.807) is 0 Å². The molecule has 0 bridgehead atoms. The monoisotopic (exact) mass is 304 g/mol. The number of nitrogens with zero attached hydrogens (tertiary/aromatic N) is 1.